The van der Waals surface area contributed by atoms with Crippen LogP contribution in [0.1, 0.15) is 11.1 Å². The van der Waals surface area contributed by atoms with Crippen LogP contribution in [0.4, 0.5) is 0 Å². The van der Waals surface area contributed by atoms with E-state index in [-0.39, 0.29) is 0 Å². The Morgan fingerprint density at radius 3 is 2.40 bits per heavy atom. The predicted molar refractivity (Wildman–Crippen MR) is 85.6 cm³/mol. The average molecular weight is 327 g/mol. The van der Waals surface area contributed by atoms with Gasteiger partial charge in [-0.05, 0) is 28.4 Å². The molecule has 0 saturated carbocycles. The first kappa shape index (κ1) is 13.1. The van der Waals surface area contributed by atoms with E-state index in [4.69, 9.17) is 0 Å². The molecule has 0 aliphatic heterocycles. The summed E-state index contributed by atoms with van der Waals surface area (Å²) in [5.74, 6) is 0. The zero-order valence-corrected chi connectivity index (χ0v) is 12.8. The van der Waals surface area contributed by atoms with Gasteiger partial charge < -0.3 is 4.57 Å². The Morgan fingerprint density at radius 2 is 1.70 bits per heavy atom. The lowest BCUT2D eigenvalue weighted by Gasteiger charge is -2.03. The average Bonchev–Trinajstić information content (AvgIpc) is 2.82. The number of hydrogen-bond donors (Lipinski definition) is 0. The normalized spacial score (nSPS) is 10.7. The number of benzene rings is 2. The summed E-state index contributed by atoms with van der Waals surface area (Å²) in [6.45, 7) is 2.91. The molecule has 20 heavy (non-hydrogen) atoms. The molecule has 0 fully saturated rings. The highest BCUT2D eigenvalue weighted by atomic mass is 79.9. The third kappa shape index (κ3) is 2.83. The summed E-state index contributed by atoms with van der Waals surface area (Å²) >= 11 is 3.54. The first-order valence-corrected chi connectivity index (χ1v) is 7.35. The molecule has 2 aromatic carbocycles. The molecule has 100 valence electrons. The van der Waals surface area contributed by atoms with Crippen molar-refractivity contribution in [3.63, 3.8) is 0 Å². The van der Waals surface area contributed by atoms with Crippen LogP contribution >= 0.6 is 15.9 Å². The first-order chi connectivity index (χ1) is 9.72. The van der Waals surface area contributed by atoms with Gasteiger partial charge >= 0.3 is 0 Å². The maximum Gasteiger partial charge on any atom is 0.177 e. The van der Waals surface area contributed by atoms with Crippen molar-refractivity contribution in [3.05, 3.63) is 76.7 Å². The minimum absolute atomic E-state index is 0.820. The van der Waals surface area contributed by atoms with Crippen LogP contribution in [0.15, 0.2) is 65.5 Å². The summed E-state index contributed by atoms with van der Waals surface area (Å²) in [6, 6.07) is 18.8. The quantitative estimate of drug-likeness (QED) is 0.683. The zero-order valence-electron chi connectivity index (χ0n) is 11.3. The Hall–Kier alpha value is -1.87. The van der Waals surface area contributed by atoms with Crippen molar-refractivity contribution in [2.75, 3.05) is 0 Å². The van der Waals surface area contributed by atoms with Gasteiger partial charge in [-0.1, -0.05) is 60.2 Å². The summed E-state index contributed by atoms with van der Waals surface area (Å²) < 4.78 is 2.97. The van der Waals surface area contributed by atoms with Gasteiger partial charge in [0.2, 0.25) is 0 Å². The van der Waals surface area contributed by atoms with Gasteiger partial charge in [0, 0.05) is 18.3 Å². The SMILES string of the molecule is Cc1ccc(-c2cn(Cc3ccccc3)c(Br)n2)cc1. The van der Waals surface area contributed by atoms with E-state index < -0.39 is 0 Å². The van der Waals surface area contributed by atoms with Crippen molar-refractivity contribution in [2.24, 2.45) is 0 Å². The van der Waals surface area contributed by atoms with Crippen molar-refractivity contribution in [1.29, 1.82) is 0 Å². The van der Waals surface area contributed by atoms with Crippen molar-refractivity contribution >= 4 is 15.9 Å². The highest BCUT2D eigenvalue weighted by Gasteiger charge is 2.07. The van der Waals surface area contributed by atoms with Crippen LogP contribution < -0.4 is 0 Å². The molecule has 3 aromatic rings. The molecule has 0 aliphatic rings. The number of imidazole rings is 1. The molecule has 0 N–H and O–H groups in total. The molecule has 0 radical (unpaired) electrons. The molecule has 1 heterocycles. The van der Waals surface area contributed by atoms with Crippen molar-refractivity contribution < 1.29 is 0 Å². The molecular weight excluding hydrogens is 312 g/mol. The summed E-state index contributed by atoms with van der Waals surface area (Å²) in [5.41, 5.74) is 4.66. The Balaban J connectivity index is 1.89. The summed E-state index contributed by atoms with van der Waals surface area (Å²) in [5, 5.41) is 0. The predicted octanol–water partition coefficient (Wildman–Crippen LogP) is 4.67. The molecule has 0 atom stereocenters. The van der Waals surface area contributed by atoms with E-state index in [0.29, 0.717) is 0 Å². The van der Waals surface area contributed by atoms with E-state index in [1.165, 1.54) is 11.1 Å². The molecule has 0 bridgehead atoms. The number of rotatable bonds is 3. The van der Waals surface area contributed by atoms with Gasteiger partial charge in [-0.2, -0.15) is 0 Å². The molecule has 0 aliphatic carbocycles. The van der Waals surface area contributed by atoms with E-state index in [2.05, 4.69) is 87.1 Å². The molecule has 1 aromatic heterocycles. The van der Waals surface area contributed by atoms with Crippen LogP contribution in [-0.4, -0.2) is 9.55 Å². The maximum absolute atomic E-state index is 4.59. The van der Waals surface area contributed by atoms with Crippen molar-refractivity contribution in [2.45, 2.75) is 13.5 Å². The highest BCUT2D eigenvalue weighted by molar-refractivity contribution is 9.10. The molecule has 3 rings (SSSR count). The molecule has 3 heteroatoms. The van der Waals surface area contributed by atoms with Crippen LogP contribution in [0.25, 0.3) is 11.3 Å². The van der Waals surface area contributed by atoms with E-state index in [0.717, 1.165) is 22.5 Å². The Kier molecular flexibility index (Phi) is 3.70. The van der Waals surface area contributed by atoms with Crippen LogP contribution in [0, 0.1) is 6.92 Å². The van der Waals surface area contributed by atoms with E-state index in [1.54, 1.807) is 0 Å². The number of aromatic nitrogens is 2. The second-order valence-corrected chi connectivity index (χ2v) is 5.58. The van der Waals surface area contributed by atoms with Gasteiger partial charge in [-0.25, -0.2) is 4.98 Å². The lowest BCUT2D eigenvalue weighted by atomic mass is 10.1. The maximum atomic E-state index is 4.59. The van der Waals surface area contributed by atoms with Crippen molar-refractivity contribution in [3.8, 4) is 11.3 Å². The summed E-state index contributed by atoms with van der Waals surface area (Å²) in [6.07, 6.45) is 2.09. The van der Waals surface area contributed by atoms with Gasteiger partial charge in [0.15, 0.2) is 4.73 Å². The van der Waals surface area contributed by atoms with Crippen LogP contribution in [0.3, 0.4) is 0 Å². The standard InChI is InChI=1S/C17H15BrN2/c1-13-7-9-15(10-8-13)16-12-20(17(18)19-16)11-14-5-3-2-4-6-14/h2-10,12H,11H2,1H3. The number of aryl methyl sites for hydroxylation is 1. The number of hydrogen-bond acceptors (Lipinski definition) is 1. The largest absolute Gasteiger partial charge is 0.321 e. The fourth-order valence-electron chi connectivity index (χ4n) is 2.15. The van der Waals surface area contributed by atoms with Gasteiger partial charge in [-0.15, -0.1) is 0 Å². The minimum Gasteiger partial charge on any atom is -0.321 e. The van der Waals surface area contributed by atoms with Gasteiger partial charge in [0.25, 0.3) is 0 Å². The molecule has 0 saturated heterocycles. The molecule has 0 amide bonds. The van der Waals surface area contributed by atoms with Crippen LogP contribution in [0.5, 0.6) is 0 Å². The monoisotopic (exact) mass is 326 g/mol. The van der Waals surface area contributed by atoms with E-state index in [1.807, 2.05) is 6.07 Å². The van der Waals surface area contributed by atoms with Gasteiger partial charge in [-0.3, -0.25) is 0 Å². The van der Waals surface area contributed by atoms with Crippen LogP contribution in [0.2, 0.25) is 0 Å². The van der Waals surface area contributed by atoms with Gasteiger partial charge in [0.05, 0.1) is 5.69 Å². The Labute approximate surface area is 127 Å². The fourth-order valence-corrected chi connectivity index (χ4v) is 2.57. The molecule has 0 spiro atoms. The minimum atomic E-state index is 0.820. The van der Waals surface area contributed by atoms with E-state index in [9.17, 15) is 0 Å². The lowest BCUT2D eigenvalue weighted by Crippen LogP contribution is -1.97. The molecule has 2 nitrogen and oxygen atoms in total. The summed E-state index contributed by atoms with van der Waals surface area (Å²) in [4.78, 5) is 4.59. The topological polar surface area (TPSA) is 17.8 Å². The second-order valence-electron chi connectivity index (χ2n) is 4.87. The summed E-state index contributed by atoms with van der Waals surface area (Å²) in [7, 11) is 0. The van der Waals surface area contributed by atoms with Gasteiger partial charge in [0.1, 0.15) is 0 Å². The van der Waals surface area contributed by atoms with Crippen molar-refractivity contribution in [1.82, 2.24) is 9.55 Å². The molecular formula is C17H15BrN2. The lowest BCUT2D eigenvalue weighted by molar-refractivity contribution is 0.775. The smallest absolute Gasteiger partial charge is 0.177 e. The highest BCUT2D eigenvalue weighted by Crippen LogP contribution is 2.22. The third-order valence-corrected chi connectivity index (χ3v) is 3.90. The third-order valence-electron chi connectivity index (χ3n) is 3.27. The number of halogens is 1. The Bertz CT molecular complexity index is 700. The van der Waals surface area contributed by atoms with Crippen LogP contribution in [-0.2, 0) is 6.54 Å². The number of nitrogens with zero attached hydrogens (tertiary/aromatic N) is 2. The second kappa shape index (κ2) is 5.63. The first-order valence-electron chi connectivity index (χ1n) is 6.56. The van der Waals surface area contributed by atoms with E-state index >= 15 is 0 Å². The zero-order chi connectivity index (χ0) is 13.9. The Morgan fingerprint density at radius 1 is 1.00 bits per heavy atom. The fraction of sp³-hybridized carbons (Fsp3) is 0.118. The molecule has 0 unspecified atom stereocenters.